The van der Waals surface area contributed by atoms with Gasteiger partial charge in [-0.05, 0) is 71.6 Å². The lowest BCUT2D eigenvalue weighted by atomic mass is 9.99. The molecule has 0 aliphatic carbocycles. The summed E-state index contributed by atoms with van der Waals surface area (Å²) < 4.78 is 5.32. The molecular formula is C24H39N3O5. The van der Waals surface area contributed by atoms with Crippen molar-refractivity contribution < 1.29 is 24.2 Å². The Morgan fingerprint density at radius 3 is 2.00 bits per heavy atom. The quantitative estimate of drug-likeness (QED) is 0.588. The Labute approximate surface area is 191 Å². The highest BCUT2D eigenvalue weighted by molar-refractivity contribution is 5.92. The summed E-state index contributed by atoms with van der Waals surface area (Å²) in [6, 6.07) is 4.33. The molecule has 0 saturated carbocycles. The Bertz CT molecular complexity index is 791. The van der Waals surface area contributed by atoms with E-state index in [0.717, 1.165) is 0 Å². The van der Waals surface area contributed by atoms with Crippen LogP contribution in [0.5, 0.6) is 5.75 Å². The second kappa shape index (κ2) is 10.7. The predicted octanol–water partition coefficient (Wildman–Crippen LogP) is 3.75. The van der Waals surface area contributed by atoms with Crippen molar-refractivity contribution in [1.82, 2.24) is 15.5 Å². The first-order chi connectivity index (χ1) is 14.5. The van der Waals surface area contributed by atoms with Crippen LogP contribution in [0.1, 0.15) is 73.4 Å². The Hall–Kier alpha value is -2.77. The van der Waals surface area contributed by atoms with E-state index in [1.165, 1.54) is 24.1 Å². The topological polar surface area (TPSA) is 108 Å². The fraction of sp³-hybridized carbons (Fsp3) is 0.625. The summed E-state index contributed by atoms with van der Waals surface area (Å²) in [5.41, 5.74) is -0.675. The SMILES string of the molecule is CC(C)CC(NC(=O)OC(C)(C)C)C(=O)N(C)C(C(=O)NC(C)(C)C)c1ccc(O)cc1. The molecule has 180 valence electrons. The van der Waals surface area contributed by atoms with Gasteiger partial charge in [-0.2, -0.15) is 0 Å². The van der Waals surface area contributed by atoms with E-state index in [9.17, 15) is 19.5 Å². The van der Waals surface area contributed by atoms with Gasteiger partial charge in [0.2, 0.25) is 11.8 Å². The van der Waals surface area contributed by atoms with Gasteiger partial charge in [-0.3, -0.25) is 9.59 Å². The normalized spacial score (nSPS) is 13.8. The molecule has 8 heteroatoms. The minimum absolute atomic E-state index is 0.0574. The van der Waals surface area contributed by atoms with Gasteiger partial charge in [-0.15, -0.1) is 0 Å². The highest BCUT2D eigenvalue weighted by Gasteiger charge is 2.35. The molecule has 1 aromatic rings. The number of rotatable bonds is 7. The van der Waals surface area contributed by atoms with Crippen LogP contribution < -0.4 is 10.6 Å². The van der Waals surface area contributed by atoms with Crippen molar-refractivity contribution in [2.45, 2.75) is 85.0 Å². The molecule has 32 heavy (non-hydrogen) atoms. The number of likely N-dealkylation sites (N-methyl/N-ethyl adjacent to an activating group) is 1. The fourth-order valence-electron chi connectivity index (χ4n) is 3.16. The van der Waals surface area contributed by atoms with E-state index in [4.69, 9.17) is 4.74 Å². The smallest absolute Gasteiger partial charge is 0.408 e. The van der Waals surface area contributed by atoms with Gasteiger partial charge in [-0.1, -0.05) is 26.0 Å². The second-order valence-corrected chi connectivity index (χ2v) is 10.5. The Morgan fingerprint density at radius 2 is 1.56 bits per heavy atom. The van der Waals surface area contributed by atoms with E-state index in [0.29, 0.717) is 12.0 Å². The number of benzene rings is 1. The van der Waals surface area contributed by atoms with E-state index in [-0.39, 0.29) is 17.6 Å². The second-order valence-electron chi connectivity index (χ2n) is 10.5. The lowest BCUT2D eigenvalue weighted by Gasteiger charge is -2.34. The zero-order chi connectivity index (χ0) is 24.9. The summed E-state index contributed by atoms with van der Waals surface area (Å²) in [4.78, 5) is 40.3. The molecule has 0 aliphatic heterocycles. The molecule has 0 saturated heterocycles. The maximum absolute atomic E-state index is 13.5. The lowest BCUT2D eigenvalue weighted by molar-refractivity contribution is -0.141. The molecule has 0 aromatic heterocycles. The molecule has 2 atom stereocenters. The first-order valence-corrected chi connectivity index (χ1v) is 10.9. The summed E-state index contributed by atoms with van der Waals surface area (Å²) in [6.45, 7) is 14.7. The highest BCUT2D eigenvalue weighted by atomic mass is 16.6. The van der Waals surface area contributed by atoms with Crippen molar-refractivity contribution >= 4 is 17.9 Å². The minimum atomic E-state index is -0.947. The van der Waals surface area contributed by atoms with E-state index in [1.807, 2.05) is 34.6 Å². The zero-order valence-corrected chi connectivity index (χ0v) is 20.8. The zero-order valence-electron chi connectivity index (χ0n) is 20.8. The summed E-state index contributed by atoms with van der Waals surface area (Å²) in [6.07, 6.45) is -0.309. The summed E-state index contributed by atoms with van der Waals surface area (Å²) >= 11 is 0. The number of alkyl carbamates (subject to hydrolysis) is 1. The third kappa shape index (κ3) is 9.16. The van der Waals surface area contributed by atoms with E-state index < -0.39 is 35.2 Å². The Morgan fingerprint density at radius 1 is 1.03 bits per heavy atom. The molecule has 0 bridgehead atoms. The number of carbonyl (C=O) groups excluding carboxylic acids is 3. The van der Waals surface area contributed by atoms with Crippen LogP contribution in [0.25, 0.3) is 0 Å². The van der Waals surface area contributed by atoms with Gasteiger partial charge in [0.05, 0.1) is 0 Å². The van der Waals surface area contributed by atoms with Crippen LogP contribution in [-0.4, -0.2) is 52.1 Å². The molecule has 3 N–H and O–H groups in total. The molecule has 0 heterocycles. The van der Waals surface area contributed by atoms with Crippen LogP contribution in [0.2, 0.25) is 0 Å². The van der Waals surface area contributed by atoms with Gasteiger partial charge in [0.15, 0.2) is 0 Å². The number of nitrogens with one attached hydrogen (secondary N) is 2. The standard InChI is InChI=1S/C24H39N3O5/c1-15(2)14-18(25-22(31)32-24(6,7)8)21(30)27(9)19(20(29)26-23(3,4)5)16-10-12-17(28)13-11-16/h10-13,15,18-19,28H,14H2,1-9H3,(H,25,31)(H,26,29). The molecule has 2 unspecified atom stereocenters. The molecule has 8 nitrogen and oxygen atoms in total. The third-order valence-corrected chi connectivity index (χ3v) is 4.39. The number of nitrogens with zero attached hydrogens (tertiary/aromatic N) is 1. The molecular weight excluding hydrogens is 410 g/mol. The van der Waals surface area contributed by atoms with Crippen LogP contribution in [-0.2, 0) is 14.3 Å². The predicted molar refractivity (Wildman–Crippen MR) is 124 cm³/mol. The molecule has 0 radical (unpaired) electrons. The minimum Gasteiger partial charge on any atom is -0.508 e. The number of hydrogen-bond donors (Lipinski definition) is 3. The Kier molecular flexibility index (Phi) is 9.12. The van der Waals surface area contributed by atoms with E-state index in [2.05, 4.69) is 10.6 Å². The van der Waals surface area contributed by atoms with E-state index in [1.54, 1.807) is 32.9 Å². The number of carbonyl (C=O) groups is 3. The van der Waals surface area contributed by atoms with Crippen LogP contribution in [0.15, 0.2) is 24.3 Å². The summed E-state index contributed by atoms with van der Waals surface area (Å²) in [5, 5.41) is 15.2. The van der Waals surface area contributed by atoms with Gasteiger partial charge < -0.3 is 25.4 Å². The van der Waals surface area contributed by atoms with Crippen LogP contribution in [0.3, 0.4) is 0 Å². The molecule has 3 amide bonds. The van der Waals surface area contributed by atoms with Crippen molar-refractivity contribution in [2.24, 2.45) is 5.92 Å². The summed E-state index contributed by atoms with van der Waals surface area (Å²) in [7, 11) is 1.53. The first-order valence-electron chi connectivity index (χ1n) is 10.9. The van der Waals surface area contributed by atoms with Gasteiger partial charge in [0.25, 0.3) is 0 Å². The van der Waals surface area contributed by atoms with Gasteiger partial charge in [0, 0.05) is 12.6 Å². The average Bonchev–Trinajstić information content (AvgIpc) is 2.58. The number of aromatic hydroxyl groups is 1. The Balaban J connectivity index is 3.25. The molecule has 1 aromatic carbocycles. The fourth-order valence-corrected chi connectivity index (χ4v) is 3.16. The van der Waals surface area contributed by atoms with Crippen molar-refractivity contribution in [2.75, 3.05) is 7.05 Å². The van der Waals surface area contributed by atoms with Crippen molar-refractivity contribution in [3.63, 3.8) is 0 Å². The number of hydrogen-bond acceptors (Lipinski definition) is 5. The van der Waals surface area contributed by atoms with Gasteiger partial charge in [0.1, 0.15) is 23.4 Å². The molecule has 0 aliphatic rings. The monoisotopic (exact) mass is 449 g/mol. The molecule has 1 rings (SSSR count). The van der Waals surface area contributed by atoms with Crippen LogP contribution in [0, 0.1) is 5.92 Å². The average molecular weight is 450 g/mol. The van der Waals surface area contributed by atoms with Crippen molar-refractivity contribution in [3.05, 3.63) is 29.8 Å². The number of amides is 3. The number of phenols is 1. The van der Waals surface area contributed by atoms with Crippen molar-refractivity contribution in [3.8, 4) is 5.75 Å². The molecule has 0 spiro atoms. The molecule has 0 fully saturated rings. The number of ether oxygens (including phenoxy) is 1. The maximum Gasteiger partial charge on any atom is 0.408 e. The first kappa shape index (κ1) is 27.3. The van der Waals surface area contributed by atoms with Crippen LogP contribution >= 0.6 is 0 Å². The summed E-state index contributed by atoms with van der Waals surface area (Å²) in [5.74, 6) is -0.601. The van der Waals surface area contributed by atoms with Crippen LogP contribution in [0.4, 0.5) is 4.79 Å². The maximum atomic E-state index is 13.5. The highest BCUT2D eigenvalue weighted by Crippen LogP contribution is 2.25. The lowest BCUT2D eigenvalue weighted by Crippen LogP contribution is -2.53. The third-order valence-electron chi connectivity index (χ3n) is 4.39. The number of phenolic OH excluding ortho intramolecular Hbond substituents is 1. The van der Waals surface area contributed by atoms with Gasteiger partial charge in [-0.25, -0.2) is 4.79 Å². The van der Waals surface area contributed by atoms with Gasteiger partial charge >= 0.3 is 6.09 Å². The largest absolute Gasteiger partial charge is 0.508 e. The van der Waals surface area contributed by atoms with Crippen molar-refractivity contribution in [1.29, 1.82) is 0 Å². The van der Waals surface area contributed by atoms with E-state index >= 15 is 0 Å².